The van der Waals surface area contributed by atoms with Crippen LogP contribution in [-0.4, -0.2) is 36.6 Å². The summed E-state index contributed by atoms with van der Waals surface area (Å²) in [6.45, 7) is 2.87. The number of aromatic nitrogens is 4. The van der Waals surface area contributed by atoms with E-state index in [4.69, 9.17) is 4.98 Å². The van der Waals surface area contributed by atoms with Crippen LogP contribution in [0.1, 0.15) is 35.4 Å². The van der Waals surface area contributed by atoms with Gasteiger partial charge in [-0.25, -0.2) is 9.50 Å². The Morgan fingerprint density at radius 2 is 1.87 bits per heavy atom. The quantitative estimate of drug-likeness (QED) is 0.560. The van der Waals surface area contributed by atoms with E-state index < -0.39 is 0 Å². The predicted octanol–water partition coefficient (Wildman–Crippen LogP) is 3.52. The lowest BCUT2D eigenvalue weighted by Gasteiger charge is -2.28. The van der Waals surface area contributed by atoms with Gasteiger partial charge in [-0.2, -0.15) is 0 Å². The highest BCUT2D eigenvalue weighted by molar-refractivity contribution is 5.59. The molecular formula is C25H25N5O. The van der Waals surface area contributed by atoms with Crippen molar-refractivity contribution < 1.29 is 0 Å². The SMILES string of the molecule is Cc1cc2nc3c(c(=O)n2[nH]1)C[C@H]1CC[C@H](C3)N1Cc1ccc(-c2ccccn2)cc1. The number of nitrogens with one attached hydrogen (secondary N) is 1. The van der Waals surface area contributed by atoms with E-state index >= 15 is 0 Å². The van der Waals surface area contributed by atoms with Gasteiger partial charge >= 0.3 is 0 Å². The minimum atomic E-state index is 0.0697. The number of rotatable bonds is 3. The number of pyridine rings is 1. The summed E-state index contributed by atoms with van der Waals surface area (Å²) in [5, 5.41) is 3.13. The van der Waals surface area contributed by atoms with E-state index in [2.05, 4.69) is 39.2 Å². The Labute approximate surface area is 180 Å². The minimum Gasteiger partial charge on any atom is -0.294 e. The molecule has 2 atom stereocenters. The molecule has 0 amide bonds. The van der Waals surface area contributed by atoms with Gasteiger partial charge in [0.05, 0.1) is 11.4 Å². The minimum absolute atomic E-state index is 0.0697. The second-order valence-corrected chi connectivity index (χ2v) is 8.85. The van der Waals surface area contributed by atoms with Crippen LogP contribution >= 0.6 is 0 Å². The van der Waals surface area contributed by atoms with Gasteiger partial charge < -0.3 is 0 Å². The van der Waals surface area contributed by atoms with E-state index in [1.165, 1.54) is 12.0 Å². The van der Waals surface area contributed by atoms with Crippen molar-refractivity contribution in [1.82, 2.24) is 24.5 Å². The topological polar surface area (TPSA) is 66.3 Å². The molecule has 4 aromatic rings. The van der Waals surface area contributed by atoms with Crippen molar-refractivity contribution in [2.24, 2.45) is 0 Å². The summed E-state index contributed by atoms with van der Waals surface area (Å²) < 4.78 is 1.61. The number of benzene rings is 1. The third kappa shape index (κ3) is 3.18. The predicted molar refractivity (Wildman–Crippen MR) is 120 cm³/mol. The van der Waals surface area contributed by atoms with Gasteiger partial charge in [0, 0.05) is 54.1 Å². The lowest BCUT2D eigenvalue weighted by molar-refractivity contribution is 0.187. The zero-order valence-corrected chi connectivity index (χ0v) is 17.6. The van der Waals surface area contributed by atoms with Gasteiger partial charge in [0.15, 0.2) is 5.65 Å². The summed E-state index contributed by atoms with van der Waals surface area (Å²) in [5.41, 5.74) is 7.08. The number of aromatic amines is 1. The fraction of sp³-hybridized carbons (Fsp3) is 0.320. The first-order valence-electron chi connectivity index (χ1n) is 11.0. The molecule has 6 heteroatoms. The van der Waals surface area contributed by atoms with E-state index in [0.29, 0.717) is 12.1 Å². The van der Waals surface area contributed by atoms with Crippen molar-refractivity contribution in [2.45, 2.75) is 51.2 Å². The van der Waals surface area contributed by atoms with Crippen LogP contribution in [0.4, 0.5) is 0 Å². The fourth-order valence-electron chi connectivity index (χ4n) is 5.29. The summed E-state index contributed by atoms with van der Waals surface area (Å²) in [5.74, 6) is 0. The molecule has 3 aromatic heterocycles. The Morgan fingerprint density at radius 1 is 1.06 bits per heavy atom. The molecule has 31 heavy (non-hydrogen) atoms. The largest absolute Gasteiger partial charge is 0.294 e. The lowest BCUT2D eigenvalue weighted by atomic mass is 9.98. The zero-order valence-electron chi connectivity index (χ0n) is 17.6. The summed E-state index contributed by atoms with van der Waals surface area (Å²) in [4.78, 5) is 25.0. The summed E-state index contributed by atoms with van der Waals surface area (Å²) >= 11 is 0. The molecule has 6 nitrogen and oxygen atoms in total. The summed E-state index contributed by atoms with van der Waals surface area (Å²) in [6, 6.07) is 17.5. The highest BCUT2D eigenvalue weighted by Gasteiger charge is 2.38. The average Bonchev–Trinajstić information content (AvgIpc) is 3.29. The third-order valence-corrected chi connectivity index (χ3v) is 6.84. The van der Waals surface area contributed by atoms with Crippen molar-refractivity contribution in [3.63, 3.8) is 0 Å². The highest BCUT2D eigenvalue weighted by atomic mass is 16.1. The Morgan fingerprint density at radius 3 is 2.65 bits per heavy atom. The monoisotopic (exact) mass is 411 g/mol. The van der Waals surface area contributed by atoms with Crippen LogP contribution < -0.4 is 5.56 Å². The van der Waals surface area contributed by atoms with E-state index in [1.54, 1.807) is 4.52 Å². The number of fused-ring (bicyclic) bond motifs is 4. The number of aryl methyl sites for hydroxylation is 1. The van der Waals surface area contributed by atoms with Gasteiger partial charge in [0.2, 0.25) is 0 Å². The second-order valence-electron chi connectivity index (χ2n) is 8.85. The highest BCUT2D eigenvalue weighted by Crippen LogP contribution is 2.34. The molecular weight excluding hydrogens is 386 g/mol. The number of nitrogens with zero attached hydrogens (tertiary/aromatic N) is 4. The molecule has 2 aliphatic rings. The van der Waals surface area contributed by atoms with Crippen molar-refractivity contribution in [1.29, 1.82) is 0 Å². The summed E-state index contributed by atoms with van der Waals surface area (Å²) in [7, 11) is 0. The zero-order chi connectivity index (χ0) is 20.9. The fourth-order valence-corrected chi connectivity index (χ4v) is 5.29. The number of hydrogen-bond donors (Lipinski definition) is 1. The molecule has 156 valence electrons. The Balaban J connectivity index is 1.28. The van der Waals surface area contributed by atoms with Gasteiger partial charge in [-0.15, -0.1) is 0 Å². The van der Waals surface area contributed by atoms with E-state index in [9.17, 15) is 4.79 Å². The van der Waals surface area contributed by atoms with Crippen molar-refractivity contribution in [2.75, 3.05) is 0 Å². The maximum atomic E-state index is 13.1. The molecule has 0 spiro atoms. The van der Waals surface area contributed by atoms with Crippen LogP contribution in [0, 0.1) is 6.92 Å². The number of H-pyrrole nitrogens is 1. The van der Waals surface area contributed by atoms with Crippen LogP contribution in [0.3, 0.4) is 0 Å². The molecule has 6 rings (SSSR count). The molecule has 2 aliphatic heterocycles. The molecule has 2 bridgehead atoms. The maximum Gasteiger partial charge on any atom is 0.276 e. The molecule has 1 N–H and O–H groups in total. The van der Waals surface area contributed by atoms with E-state index in [1.807, 2.05) is 37.4 Å². The molecule has 0 aliphatic carbocycles. The van der Waals surface area contributed by atoms with Gasteiger partial charge in [0.1, 0.15) is 0 Å². The first-order valence-corrected chi connectivity index (χ1v) is 11.0. The molecule has 0 radical (unpaired) electrons. The van der Waals surface area contributed by atoms with Crippen LogP contribution in [0.25, 0.3) is 16.9 Å². The van der Waals surface area contributed by atoms with E-state index in [0.717, 1.165) is 59.7 Å². The Hall–Kier alpha value is -3.25. The molecule has 5 heterocycles. The second kappa shape index (κ2) is 7.17. The third-order valence-electron chi connectivity index (χ3n) is 6.84. The standard InChI is InChI=1S/C25H25N5O/c1-16-12-24-27-23-14-20-10-9-19(13-21(23)25(31)30(24)28-16)29(20)15-17-5-7-18(8-6-17)22-4-2-3-11-26-22/h2-8,11-12,19-20,28H,9-10,13-15H2,1H3/t19-,20-/m1/s1. The van der Waals surface area contributed by atoms with Crippen LogP contribution in [0.2, 0.25) is 0 Å². The normalized spacial score (nSPS) is 20.7. The average molecular weight is 412 g/mol. The molecule has 0 saturated carbocycles. The van der Waals surface area contributed by atoms with Crippen molar-refractivity contribution in [3.8, 4) is 11.3 Å². The van der Waals surface area contributed by atoms with Gasteiger partial charge in [-0.1, -0.05) is 30.3 Å². The molecule has 1 saturated heterocycles. The van der Waals surface area contributed by atoms with Crippen molar-refractivity contribution in [3.05, 3.63) is 87.6 Å². The summed E-state index contributed by atoms with van der Waals surface area (Å²) in [6.07, 6.45) is 5.78. The Kier molecular flexibility index (Phi) is 4.28. The van der Waals surface area contributed by atoms with Crippen LogP contribution in [0.15, 0.2) is 59.5 Å². The lowest BCUT2D eigenvalue weighted by Crippen LogP contribution is -2.36. The van der Waals surface area contributed by atoms with Crippen LogP contribution in [-0.2, 0) is 19.4 Å². The maximum absolute atomic E-state index is 13.1. The molecule has 1 fully saturated rings. The molecule has 1 aromatic carbocycles. The first kappa shape index (κ1) is 18.5. The Bertz CT molecular complexity index is 1310. The van der Waals surface area contributed by atoms with E-state index in [-0.39, 0.29) is 5.56 Å². The van der Waals surface area contributed by atoms with Gasteiger partial charge in [-0.3, -0.25) is 19.8 Å². The smallest absolute Gasteiger partial charge is 0.276 e. The first-order chi connectivity index (χ1) is 15.2. The van der Waals surface area contributed by atoms with Gasteiger partial charge in [0.25, 0.3) is 5.56 Å². The molecule has 0 unspecified atom stereocenters. The van der Waals surface area contributed by atoms with Gasteiger partial charge in [-0.05, 0) is 43.9 Å². The van der Waals surface area contributed by atoms with Crippen molar-refractivity contribution >= 4 is 5.65 Å². The number of hydrogen-bond acceptors (Lipinski definition) is 4. The van der Waals surface area contributed by atoms with Crippen LogP contribution in [0.5, 0.6) is 0 Å².